The average Bonchev–Trinajstić information content (AvgIpc) is 2.83. The van der Waals surface area contributed by atoms with Crippen LogP contribution in [0.3, 0.4) is 0 Å². The Kier molecular flexibility index (Phi) is 11.4. The summed E-state index contributed by atoms with van der Waals surface area (Å²) in [4.78, 5) is 25.3. The van der Waals surface area contributed by atoms with Crippen molar-refractivity contribution in [3.05, 3.63) is 83.9 Å². The van der Waals surface area contributed by atoms with Crippen molar-refractivity contribution < 1.29 is 19.1 Å². The van der Waals surface area contributed by atoms with E-state index in [-0.39, 0.29) is 29.9 Å². The van der Waals surface area contributed by atoms with Crippen molar-refractivity contribution in [3.63, 3.8) is 0 Å². The van der Waals surface area contributed by atoms with Crippen LogP contribution in [0.5, 0.6) is 0 Å². The average molecular weight is 451 g/mol. The number of allylic oxidation sites excluding steroid dienone is 2. The molecule has 0 aliphatic carbocycles. The van der Waals surface area contributed by atoms with Gasteiger partial charge in [0.25, 0.3) is 0 Å². The molecule has 0 aliphatic rings. The largest absolute Gasteiger partial charge is 0.459 e. The van der Waals surface area contributed by atoms with Crippen molar-refractivity contribution in [2.75, 3.05) is 0 Å². The van der Waals surface area contributed by atoms with E-state index in [1.807, 2.05) is 43.3 Å². The number of carbonyl (C=O) groups is 2. The highest BCUT2D eigenvalue weighted by Gasteiger charge is 2.28. The van der Waals surface area contributed by atoms with Gasteiger partial charge in [0.05, 0.1) is 11.1 Å². The molecular formula is C29H38O4. The smallest absolute Gasteiger partial charge is 0.338 e. The van der Waals surface area contributed by atoms with Crippen molar-refractivity contribution in [2.45, 2.75) is 72.0 Å². The van der Waals surface area contributed by atoms with Crippen LogP contribution >= 0.6 is 0 Å². The van der Waals surface area contributed by atoms with Gasteiger partial charge in [-0.3, -0.25) is 0 Å². The second-order valence-corrected chi connectivity index (χ2v) is 8.77. The van der Waals surface area contributed by atoms with Gasteiger partial charge in [0.2, 0.25) is 0 Å². The minimum absolute atomic E-state index is 0.0676. The van der Waals surface area contributed by atoms with E-state index in [1.165, 1.54) is 19.3 Å². The van der Waals surface area contributed by atoms with Crippen LogP contribution in [-0.4, -0.2) is 24.1 Å². The summed E-state index contributed by atoms with van der Waals surface area (Å²) in [5, 5.41) is 0. The highest BCUT2D eigenvalue weighted by molar-refractivity contribution is 5.90. The summed E-state index contributed by atoms with van der Waals surface area (Å²) in [7, 11) is 0. The second-order valence-electron chi connectivity index (χ2n) is 8.77. The van der Waals surface area contributed by atoms with Crippen LogP contribution in [-0.2, 0) is 9.47 Å². The number of benzene rings is 2. The van der Waals surface area contributed by atoms with E-state index >= 15 is 0 Å². The van der Waals surface area contributed by atoms with Gasteiger partial charge in [-0.1, -0.05) is 82.2 Å². The number of ether oxygens (including phenoxy) is 2. The lowest BCUT2D eigenvalue weighted by Gasteiger charge is -2.29. The van der Waals surface area contributed by atoms with Crippen LogP contribution in [0.1, 0.15) is 80.5 Å². The summed E-state index contributed by atoms with van der Waals surface area (Å²) in [6.45, 7) is 8.29. The third kappa shape index (κ3) is 9.25. The summed E-state index contributed by atoms with van der Waals surface area (Å²) < 4.78 is 11.6. The molecule has 0 amide bonds. The zero-order chi connectivity index (χ0) is 24.1. The summed E-state index contributed by atoms with van der Waals surface area (Å²) >= 11 is 0. The molecule has 4 heteroatoms. The fraction of sp³-hybridized carbons (Fsp3) is 0.448. The predicted molar refractivity (Wildman–Crippen MR) is 133 cm³/mol. The Morgan fingerprint density at radius 1 is 0.818 bits per heavy atom. The number of carbonyl (C=O) groups excluding carboxylic acids is 2. The quantitative estimate of drug-likeness (QED) is 0.183. The van der Waals surface area contributed by atoms with E-state index in [0.717, 1.165) is 6.42 Å². The highest BCUT2D eigenvalue weighted by atomic mass is 16.6. The van der Waals surface area contributed by atoms with Gasteiger partial charge in [0.1, 0.15) is 12.2 Å². The molecule has 0 radical (unpaired) electrons. The van der Waals surface area contributed by atoms with E-state index in [1.54, 1.807) is 24.3 Å². The Morgan fingerprint density at radius 3 is 1.91 bits per heavy atom. The normalized spacial score (nSPS) is 14.9. The molecule has 0 spiro atoms. The molecule has 4 atom stereocenters. The van der Waals surface area contributed by atoms with Crippen LogP contribution in [0.25, 0.3) is 0 Å². The molecule has 0 saturated carbocycles. The Morgan fingerprint density at radius 2 is 1.36 bits per heavy atom. The molecule has 0 aromatic heterocycles. The number of rotatable bonds is 13. The topological polar surface area (TPSA) is 52.6 Å². The predicted octanol–water partition coefficient (Wildman–Crippen LogP) is 7.26. The number of hydrogen-bond acceptors (Lipinski definition) is 4. The van der Waals surface area contributed by atoms with Gasteiger partial charge in [0, 0.05) is 6.42 Å². The lowest BCUT2D eigenvalue weighted by molar-refractivity contribution is -0.0146. The third-order valence-corrected chi connectivity index (χ3v) is 5.98. The first-order valence-corrected chi connectivity index (χ1v) is 12.1. The molecule has 0 fully saturated rings. The fourth-order valence-corrected chi connectivity index (χ4v) is 3.69. The van der Waals surface area contributed by atoms with Crippen molar-refractivity contribution in [1.82, 2.24) is 0 Å². The van der Waals surface area contributed by atoms with E-state index < -0.39 is 6.10 Å². The van der Waals surface area contributed by atoms with Crippen molar-refractivity contribution in [2.24, 2.45) is 11.8 Å². The lowest BCUT2D eigenvalue weighted by atomic mass is 9.87. The van der Waals surface area contributed by atoms with E-state index in [0.29, 0.717) is 17.5 Å². The minimum atomic E-state index is -0.394. The van der Waals surface area contributed by atoms with Gasteiger partial charge < -0.3 is 9.47 Å². The summed E-state index contributed by atoms with van der Waals surface area (Å²) in [6.07, 6.45) is 8.79. The molecule has 0 saturated heterocycles. The molecule has 0 aliphatic heterocycles. The summed E-state index contributed by atoms with van der Waals surface area (Å²) in [6, 6.07) is 17.9. The van der Waals surface area contributed by atoms with Crippen molar-refractivity contribution in [1.29, 1.82) is 0 Å². The zero-order valence-electron chi connectivity index (χ0n) is 20.4. The molecule has 4 nitrogen and oxygen atoms in total. The Balaban J connectivity index is 2.06. The molecule has 4 unspecified atom stereocenters. The molecule has 0 heterocycles. The molecule has 33 heavy (non-hydrogen) atoms. The maximum Gasteiger partial charge on any atom is 0.338 e. The highest BCUT2D eigenvalue weighted by Crippen LogP contribution is 2.25. The van der Waals surface area contributed by atoms with E-state index in [9.17, 15) is 9.59 Å². The van der Waals surface area contributed by atoms with Crippen LogP contribution in [0.4, 0.5) is 0 Å². The number of esters is 2. The fourth-order valence-electron chi connectivity index (χ4n) is 3.69. The summed E-state index contributed by atoms with van der Waals surface area (Å²) in [5.74, 6) is -0.434. The molecule has 0 bridgehead atoms. The van der Waals surface area contributed by atoms with Crippen molar-refractivity contribution in [3.8, 4) is 0 Å². The monoisotopic (exact) mass is 450 g/mol. The maximum absolute atomic E-state index is 12.8. The van der Waals surface area contributed by atoms with Crippen LogP contribution in [0.15, 0.2) is 72.8 Å². The Hall–Kier alpha value is -2.88. The first kappa shape index (κ1) is 26.4. The van der Waals surface area contributed by atoms with Gasteiger partial charge in [-0.05, 0) is 55.9 Å². The lowest BCUT2D eigenvalue weighted by Crippen LogP contribution is -2.33. The van der Waals surface area contributed by atoms with Gasteiger partial charge >= 0.3 is 11.9 Å². The van der Waals surface area contributed by atoms with E-state index in [2.05, 4.69) is 32.9 Å². The van der Waals surface area contributed by atoms with Gasteiger partial charge in [-0.15, -0.1) is 0 Å². The molecule has 2 aromatic rings. The number of hydrogen-bond donors (Lipinski definition) is 0. The van der Waals surface area contributed by atoms with Crippen LogP contribution in [0.2, 0.25) is 0 Å². The SMILES string of the molecule is CCCCCC=CC(C)C(C)C(CC(C)OC(=O)c1ccccc1)OC(=O)c1ccccc1. The molecule has 2 rings (SSSR count). The first-order valence-electron chi connectivity index (χ1n) is 12.1. The van der Waals surface area contributed by atoms with Crippen LogP contribution in [0, 0.1) is 11.8 Å². The van der Waals surface area contributed by atoms with Gasteiger partial charge in [-0.25, -0.2) is 9.59 Å². The van der Waals surface area contributed by atoms with Crippen LogP contribution < -0.4 is 0 Å². The maximum atomic E-state index is 12.8. The van der Waals surface area contributed by atoms with E-state index in [4.69, 9.17) is 9.47 Å². The van der Waals surface area contributed by atoms with Gasteiger partial charge in [-0.2, -0.15) is 0 Å². The molecular weight excluding hydrogens is 412 g/mol. The second kappa shape index (κ2) is 14.3. The molecule has 0 N–H and O–H groups in total. The number of unbranched alkanes of at least 4 members (excludes halogenated alkanes) is 3. The Labute approximate surface area is 199 Å². The molecule has 178 valence electrons. The zero-order valence-corrected chi connectivity index (χ0v) is 20.4. The Bertz CT molecular complexity index is 860. The first-order chi connectivity index (χ1) is 15.9. The third-order valence-electron chi connectivity index (χ3n) is 5.98. The van der Waals surface area contributed by atoms with Gasteiger partial charge in [0.15, 0.2) is 0 Å². The standard InChI is InChI=1S/C29H38O4/c1-5-6-7-8-11-16-22(2)24(4)27(33-29(31)26-19-14-10-15-20-26)21-23(3)32-28(30)25-17-12-9-13-18-25/h9-20,22-24,27H,5-8,21H2,1-4H3. The molecule has 2 aromatic carbocycles. The summed E-state index contributed by atoms with van der Waals surface area (Å²) in [5.41, 5.74) is 1.03. The van der Waals surface area contributed by atoms with Crippen molar-refractivity contribution >= 4 is 11.9 Å². The minimum Gasteiger partial charge on any atom is -0.459 e.